The van der Waals surface area contributed by atoms with Crippen LogP contribution in [0, 0.1) is 6.92 Å². The highest BCUT2D eigenvalue weighted by Crippen LogP contribution is 2.32. The second-order valence-electron chi connectivity index (χ2n) is 5.51. The summed E-state index contributed by atoms with van der Waals surface area (Å²) in [6.45, 7) is 5.76. The summed E-state index contributed by atoms with van der Waals surface area (Å²) in [6, 6.07) is 7.03. The monoisotopic (exact) mass is 302 g/mol. The zero-order valence-corrected chi connectivity index (χ0v) is 13.5. The van der Waals surface area contributed by atoms with Crippen molar-refractivity contribution in [2.24, 2.45) is 0 Å². The van der Waals surface area contributed by atoms with Crippen LogP contribution in [-0.4, -0.2) is 11.5 Å². The normalized spacial score (nSPS) is 17.5. The standard InChI is InChI=1S/C17H22N2OS/c1-3-18-17-6-4-5-13-9-15(7-8-16(13)17)20-10-14-11-21-12(2)19-14/h7-9,11,17-18H,3-6,10H2,1-2H3. The minimum Gasteiger partial charge on any atom is -0.487 e. The molecule has 1 aromatic carbocycles. The molecule has 3 rings (SSSR count). The second-order valence-corrected chi connectivity index (χ2v) is 6.57. The molecule has 1 aliphatic rings. The predicted molar refractivity (Wildman–Crippen MR) is 87.0 cm³/mol. The minimum atomic E-state index is 0.508. The van der Waals surface area contributed by atoms with E-state index in [2.05, 4.69) is 40.8 Å². The van der Waals surface area contributed by atoms with Gasteiger partial charge >= 0.3 is 0 Å². The van der Waals surface area contributed by atoms with E-state index < -0.39 is 0 Å². The van der Waals surface area contributed by atoms with Crippen LogP contribution in [0.2, 0.25) is 0 Å². The van der Waals surface area contributed by atoms with E-state index in [9.17, 15) is 0 Å². The Hall–Kier alpha value is -1.39. The molecule has 1 aromatic heterocycles. The van der Waals surface area contributed by atoms with E-state index >= 15 is 0 Å². The molecule has 1 aliphatic carbocycles. The Balaban J connectivity index is 1.70. The van der Waals surface area contributed by atoms with Crippen molar-refractivity contribution < 1.29 is 4.74 Å². The van der Waals surface area contributed by atoms with Gasteiger partial charge in [0.15, 0.2) is 0 Å². The van der Waals surface area contributed by atoms with E-state index in [-0.39, 0.29) is 0 Å². The van der Waals surface area contributed by atoms with Crippen LogP contribution in [0.25, 0.3) is 0 Å². The molecule has 0 amide bonds. The number of benzene rings is 1. The summed E-state index contributed by atoms with van der Waals surface area (Å²) in [6.07, 6.45) is 3.64. The second kappa shape index (κ2) is 6.58. The largest absolute Gasteiger partial charge is 0.487 e. The van der Waals surface area contributed by atoms with Gasteiger partial charge in [-0.2, -0.15) is 0 Å². The number of thiazole rings is 1. The summed E-state index contributed by atoms with van der Waals surface area (Å²) < 4.78 is 5.89. The summed E-state index contributed by atoms with van der Waals surface area (Å²) in [4.78, 5) is 4.43. The average molecular weight is 302 g/mol. The fourth-order valence-electron chi connectivity index (χ4n) is 2.97. The number of rotatable bonds is 5. The van der Waals surface area contributed by atoms with E-state index in [4.69, 9.17) is 4.74 Å². The van der Waals surface area contributed by atoms with Crippen molar-refractivity contribution in [2.45, 2.75) is 45.8 Å². The lowest BCUT2D eigenvalue weighted by molar-refractivity contribution is 0.301. The molecular weight excluding hydrogens is 280 g/mol. The van der Waals surface area contributed by atoms with Crippen molar-refractivity contribution in [3.05, 3.63) is 45.4 Å². The van der Waals surface area contributed by atoms with E-state index in [0.29, 0.717) is 12.6 Å². The SMILES string of the molecule is CCNC1CCCc2cc(OCc3csc(C)n3)ccc21. The van der Waals surface area contributed by atoms with Gasteiger partial charge in [-0.3, -0.25) is 0 Å². The first kappa shape index (κ1) is 14.5. The molecule has 0 aliphatic heterocycles. The molecule has 1 heterocycles. The summed E-state index contributed by atoms with van der Waals surface area (Å²) in [5.41, 5.74) is 3.89. The van der Waals surface area contributed by atoms with Crippen molar-refractivity contribution in [2.75, 3.05) is 6.54 Å². The minimum absolute atomic E-state index is 0.508. The smallest absolute Gasteiger partial charge is 0.131 e. The summed E-state index contributed by atoms with van der Waals surface area (Å²) in [7, 11) is 0. The topological polar surface area (TPSA) is 34.1 Å². The Labute approximate surface area is 130 Å². The molecular formula is C17H22N2OS. The number of aryl methyl sites for hydroxylation is 2. The van der Waals surface area contributed by atoms with Crippen LogP contribution in [-0.2, 0) is 13.0 Å². The lowest BCUT2D eigenvalue weighted by atomic mass is 9.87. The number of hydrogen-bond acceptors (Lipinski definition) is 4. The zero-order valence-electron chi connectivity index (χ0n) is 12.7. The predicted octanol–water partition coefficient (Wildman–Crippen LogP) is 4.02. The molecule has 2 aromatic rings. The maximum Gasteiger partial charge on any atom is 0.131 e. The van der Waals surface area contributed by atoms with E-state index in [0.717, 1.165) is 29.4 Å². The van der Waals surface area contributed by atoms with Crippen molar-refractivity contribution >= 4 is 11.3 Å². The number of aromatic nitrogens is 1. The van der Waals surface area contributed by atoms with Crippen LogP contribution < -0.4 is 10.1 Å². The molecule has 1 atom stereocenters. The Bertz CT molecular complexity index is 609. The van der Waals surface area contributed by atoms with E-state index in [1.807, 2.05) is 6.92 Å². The summed E-state index contributed by atoms with van der Waals surface area (Å²) in [5, 5.41) is 6.73. The molecule has 112 valence electrons. The van der Waals surface area contributed by atoms with Crippen LogP contribution in [0.1, 0.15) is 47.6 Å². The van der Waals surface area contributed by atoms with E-state index in [1.54, 1.807) is 11.3 Å². The molecule has 0 spiro atoms. The van der Waals surface area contributed by atoms with Gasteiger partial charge in [0, 0.05) is 11.4 Å². The first-order chi connectivity index (χ1) is 10.3. The van der Waals surface area contributed by atoms with Crippen molar-refractivity contribution in [1.82, 2.24) is 10.3 Å². The highest BCUT2D eigenvalue weighted by Gasteiger charge is 2.19. The number of ether oxygens (including phenoxy) is 1. The number of hydrogen-bond donors (Lipinski definition) is 1. The Morgan fingerprint density at radius 1 is 1.43 bits per heavy atom. The van der Waals surface area contributed by atoms with E-state index in [1.165, 1.54) is 24.0 Å². The zero-order chi connectivity index (χ0) is 14.7. The van der Waals surface area contributed by atoms with Crippen molar-refractivity contribution in [3.8, 4) is 5.75 Å². The maximum atomic E-state index is 5.89. The number of nitrogens with zero attached hydrogens (tertiary/aromatic N) is 1. The quantitative estimate of drug-likeness (QED) is 0.906. The molecule has 0 radical (unpaired) electrons. The Kier molecular flexibility index (Phi) is 4.56. The van der Waals surface area contributed by atoms with Gasteiger partial charge in [0.05, 0.1) is 10.7 Å². The molecule has 4 heteroatoms. The third-order valence-electron chi connectivity index (χ3n) is 3.93. The number of fused-ring (bicyclic) bond motifs is 1. The van der Waals surface area contributed by atoms with Gasteiger partial charge in [-0.05, 0) is 56.0 Å². The van der Waals surface area contributed by atoms with Gasteiger partial charge < -0.3 is 10.1 Å². The molecule has 1 unspecified atom stereocenters. The molecule has 0 saturated heterocycles. The average Bonchev–Trinajstić information content (AvgIpc) is 2.91. The molecule has 0 saturated carbocycles. The lowest BCUT2D eigenvalue weighted by Crippen LogP contribution is -2.24. The van der Waals surface area contributed by atoms with Gasteiger partial charge in [-0.25, -0.2) is 4.98 Å². The number of nitrogens with one attached hydrogen (secondary N) is 1. The van der Waals surface area contributed by atoms with Crippen molar-refractivity contribution in [1.29, 1.82) is 0 Å². The van der Waals surface area contributed by atoms with Gasteiger partial charge in [0.2, 0.25) is 0 Å². The summed E-state index contributed by atoms with van der Waals surface area (Å²) >= 11 is 1.67. The van der Waals surface area contributed by atoms with Crippen LogP contribution in [0.4, 0.5) is 0 Å². The molecule has 3 nitrogen and oxygen atoms in total. The third-order valence-corrected chi connectivity index (χ3v) is 4.75. The first-order valence-electron chi connectivity index (χ1n) is 7.66. The highest BCUT2D eigenvalue weighted by atomic mass is 32.1. The van der Waals surface area contributed by atoms with Gasteiger partial charge in [0.25, 0.3) is 0 Å². The maximum absolute atomic E-state index is 5.89. The lowest BCUT2D eigenvalue weighted by Gasteiger charge is -2.26. The van der Waals surface area contributed by atoms with Gasteiger partial charge in [-0.15, -0.1) is 11.3 Å². The Morgan fingerprint density at radius 3 is 3.10 bits per heavy atom. The van der Waals surface area contributed by atoms with Crippen LogP contribution in [0.3, 0.4) is 0 Å². The molecule has 0 bridgehead atoms. The fraction of sp³-hybridized carbons (Fsp3) is 0.471. The summed E-state index contributed by atoms with van der Waals surface area (Å²) in [5.74, 6) is 0.955. The van der Waals surface area contributed by atoms with Gasteiger partial charge in [0.1, 0.15) is 12.4 Å². The third kappa shape index (κ3) is 3.44. The molecule has 21 heavy (non-hydrogen) atoms. The Morgan fingerprint density at radius 2 is 2.33 bits per heavy atom. The molecule has 0 fully saturated rings. The van der Waals surface area contributed by atoms with Crippen LogP contribution in [0.15, 0.2) is 23.6 Å². The van der Waals surface area contributed by atoms with Crippen molar-refractivity contribution in [3.63, 3.8) is 0 Å². The first-order valence-corrected chi connectivity index (χ1v) is 8.54. The van der Waals surface area contributed by atoms with Crippen LogP contribution in [0.5, 0.6) is 5.75 Å². The highest BCUT2D eigenvalue weighted by molar-refractivity contribution is 7.09. The molecule has 1 N–H and O–H groups in total. The fourth-order valence-corrected chi connectivity index (χ4v) is 3.57. The van der Waals surface area contributed by atoms with Gasteiger partial charge in [-0.1, -0.05) is 13.0 Å². The van der Waals surface area contributed by atoms with Crippen LogP contribution >= 0.6 is 11.3 Å².